The first kappa shape index (κ1) is 12.1. The van der Waals surface area contributed by atoms with E-state index in [-0.39, 0.29) is 5.33 Å². The van der Waals surface area contributed by atoms with Crippen LogP contribution in [-0.4, -0.2) is 19.4 Å². The lowest BCUT2D eigenvalue weighted by atomic mass is 10.7. The summed E-state index contributed by atoms with van der Waals surface area (Å²) in [4.78, 5) is 21.3. The number of rotatable bonds is 1. The Labute approximate surface area is 96.7 Å². The minimum absolute atomic E-state index is 0.0121. The molecule has 11 heavy (non-hydrogen) atoms. The van der Waals surface area contributed by atoms with Crippen molar-refractivity contribution in [2.45, 2.75) is 2.14 Å². The van der Waals surface area contributed by atoms with Gasteiger partial charge in [-0.25, -0.2) is 4.79 Å². The smallest absolute Gasteiger partial charge is 0.352 e. The second-order valence-electron chi connectivity index (χ2n) is 1.39. The van der Waals surface area contributed by atoms with Crippen LogP contribution in [0, 0.1) is 0 Å². The Morgan fingerprint density at radius 3 is 2.00 bits per heavy atom. The highest BCUT2D eigenvalue weighted by molar-refractivity contribution is 9.40. The first-order chi connectivity index (χ1) is 4.88. The lowest BCUT2D eigenvalue weighted by molar-refractivity contribution is -0.156. The number of ether oxygens (including phenoxy) is 1. The summed E-state index contributed by atoms with van der Waals surface area (Å²) >= 11 is 11.5. The van der Waals surface area contributed by atoms with Gasteiger partial charge in [-0.1, -0.05) is 15.9 Å². The Balaban J connectivity index is 3.99. The molecule has 0 aromatic rings. The maximum Gasteiger partial charge on any atom is 0.352 e. The Hall–Kier alpha value is 1.06. The van der Waals surface area contributed by atoms with Crippen molar-refractivity contribution >= 4 is 75.7 Å². The summed E-state index contributed by atoms with van der Waals surface area (Å²) in [5, 5.41) is -0.0121. The number of carbonyl (C=O) groups excluding carboxylic acids is 2. The molecule has 0 aromatic heterocycles. The fraction of sp³-hybridized carbons (Fsp3) is 0.500. The van der Waals surface area contributed by atoms with Gasteiger partial charge in [0.2, 0.25) is 2.14 Å². The van der Waals surface area contributed by atoms with Crippen molar-refractivity contribution in [3.05, 3.63) is 0 Å². The predicted molar refractivity (Wildman–Crippen MR) is 54.4 cm³/mol. The van der Waals surface area contributed by atoms with Crippen LogP contribution in [0.1, 0.15) is 0 Å². The van der Waals surface area contributed by atoms with Gasteiger partial charge in [-0.3, -0.25) is 4.79 Å². The normalized spacial score (nSPS) is 10.9. The van der Waals surface area contributed by atoms with Crippen LogP contribution in [-0.2, 0) is 14.3 Å². The summed E-state index contributed by atoms with van der Waals surface area (Å²) < 4.78 is 3.12. The molecule has 0 amide bonds. The van der Waals surface area contributed by atoms with Gasteiger partial charge < -0.3 is 4.74 Å². The van der Waals surface area contributed by atoms with Crippen LogP contribution in [0.3, 0.4) is 0 Å². The van der Waals surface area contributed by atoms with Crippen molar-refractivity contribution in [3.63, 3.8) is 0 Å². The standard InChI is InChI=1S/C4H2Br4O3/c5-1-2(9)11-3(10)4(6,7)8/h1H2. The molecule has 0 fully saturated rings. The van der Waals surface area contributed by atoms with Crippen LogP contribution >= 0.6 is 63.7 Å². The van der Waals surface area contributed by atoms with Gasteiger partial charge in [0.25, 0.3) is 0 Å². The molecule has 64 valence electrons. The molecule has 0 aliphatic heterocycles. The van der Waals surface area contributed by atoms with Crippen LogP contribution in [0.4, 0.5) is 0 Å². The SMILES string of the molecule is O=C(CBr)OC(=O)C(Br)(Br)Br. The van der Waals surface area contributed by atoms with Crippen LogP contribution in [0.15, 0.2) is 0 Å². The largest absolute Gasteiger partial charge is 0.390 e. The second-order valence-corrected chi connectivity index (χ2v) is 8.71. The molecule has 0 spiro atoms. The fourth-order valence-electron chi connectivity index (χ4n) is 0.189. The number of esters is 2. The third-order valence-electron chi connectivity index (χ3n) is 0.547. The Morgan fingerprint density at radius 2 is 1.73 bits per heavy atom. The first-order valence-corrected chi connectivity index (χ1v) is 5.75. The van der Waals surface area contributed by atoms with Gasteiger partial charge in [0.1, 0.15) is 5.33 Å². The van der Waals surface area contributed by atoms with Crippen molar-refractivity contribution in [1.82, 2.24) is 0 Å². The quantitative estimate of drug-likeness (QED) is 0.373. The van der Waals surface area contributed by atoms with E-state index in [0.717, 1.165) is 0 Å². The summed E-state index contributed by atoms with van der Waals surface area (Å²) in [6, 6.07) is 0. The maximum atomic E-state index is 10.8. The van der Waals surface area contributed by atoms with Crippen molar-refractivity contribution < 1.29 is 14.3 Å². The van der Waals surface area contributed by atoms with Gasteiger partial charge in [0, 0.05) is 0 Å². The molecular formula is C4H2Br4O3. The lowest BCUT2D eigenvalue weighted by Gasteiger charge is -2.08. The molecule has 0 atom stereocenters. The number of carbonyl (C=O) groups is 2. The summed E-state index contributed by atoms with van der Waals surface area (Å²) in [6.45, 7) is 0. The minimum atomic E-state index is -1.18. The van der Waals surface area contributed by atoms with Crippen molar-refractivity contribution in [2.75, 3.05) is 5.33 Å². The molecule has 0 rings (SSSR count). The third-order valence-corrected chi connectivity index (χ3v) is 1.98. The van der Waals surface area contributed by atoms with Crippen molar-refractivity contribution in [2.24, 2.45) is 0 Å². The highest BCUT2D eigenvalue weighted by atomic mass is 80.0. The molecular weight excluding hydrogens is 416 g/mol. The molecule has 0 N–H and O–H groups in total. The van der Waals surface area contributed by atoms with Gasteiger partial charge in [-0.15, -0.1) is 0 Å². The molecule has 0 aromatic carbocycles. The molecule has 0 unspecified atom stereocenters. The molecule has 7 heteroatoms. The van der Waals surface area contributed by atoms with Crippen molar-refractivity contribution in [3.8, 4) is 0 Å². The summed E-state index contributed by atoms with van der Waals surface area (Å²) in [6.07, 6.45) is 0. The molecule has 0 aliphatic rings. The topological polar surface area (TPSA) is 43.4 Å². The number of hydrogen-bond acceptors (Lipinski definition) is 3. The molecule has 0 bridgehead atoms. The first-order valence-electron chi connectivity index (χ1n) is 2.25. The highest BCUT2D eigenvalue weighted by Crippen LogP contribution is 2.34. The summed E-state index contributed by atoms with van der Waals surface area (Å²) in [7, 11) is 0. The highest BCUT2D eigenvalue weighted by Gasteiger charge is 2.32. The number of alkyl halides is 4. The predicted octanol–water partition coefficient (Wildman–Crippen LogP) is 2.29. The van der Waals surface area contributed by atoms with Gasteiger partial charge in [0.15, 0.2) is 0 Å². The van der Waals surface area contributed by atoms with E-state index in [9.17, 15) is 9.59 Å². The number of halogens is 4. The van der Waals surface area contributed by atoms with E-state index >= 15 is 0 Å². The molecule has 0 saturated carbocycles. The van der Waals surface area contributed by atoms with E-state index < -0.39 is 14.1 Å². The van der Waals surface area contributed by atoms with Crippen LogP contribution in [0.5, 0.6) is 0 Å². The minimum Gasteiger partial charge on any atom is -0.390 e. The second kappa shape index (κ2) is 4.94. The van der Waals surface area contributed by atoms with Gasteiger partial charge in [-0.2, -0.15) is 0 Å². The average molecular weight is 418 g/mol. The Morgan fingerprint density at radius 1 is 1.27 bits per heavy atom. The fourth-order valence-corrected chi connectivity index (χ4v) is 0.546. The average Bonchev–Trinajstić information content (AvgIpc) is 1.85. The van der Waals surface area contributed by atoms with Crippen molar-refractivity contribution in [1.29, 1.82) is 0 Å². The van der Waals surface area contributed by atoms with Crippen LogP contribution in [0.25, 0.3) is 0 Å². The van der Waals surface area contributed by atoms with E-state index in [1.54, 1.807) is 0 Å². The molecule has 0 aliphatic carbocycles. The maximum absolute atomic E-state index is 10.8. The van der Waals surface area contributed by atoms with E-state index in [2.05, 4.69) is 68.5 Å². The van der Waals surface area contributed by atoms with E-state index in [1.165, 1.54) is 0 Å². The van der Waals surface area contributed by atoms with Gasteiger partial charge in [-0.05, 0) is 47.8 Å². The Bertz CT molecular complexity index is 173. The summed E-state index contributed by atoms with van der Waals surface area (Å²) in [5.74, 6) is -1.39. The molecule has 0 saturated heterocycles. The third kappa shape index (κ3) is 5.32. The molecule has 0 heterocycles. The molecule has 0 radical (unpaired) electrons. The molecule has 3 nitrogen and oxygen atoms in total. The van der Waals surface area contributed by atoms with Crippen LogP contribution in [0.2, 0.25) is 0 Å². The van der Waals surface area contributed by atoms with E-state index in [4.69, 9.17) is 0 Å². The Kier molecular flexibility index (Phi) is 5.41. The van der Waals surface area contributed by atoms with E-state index in [0.29, 0.717) is 0 Å². The zero-order valence-corrected chi connectivity index (χ0v) is 11.3. The lowest BCUT2D eigenvalue weighted by Crippen LogP contribution is -2.24. The van der Waals surface area contributed by atoms with Gasteiger partial charge >= 0.3 is 11.9 Å². The van der Waals surface area contributed by atoms with Crippen LogP contribution < -0.4 is 0 Å². The number of hydrogen-bond donors (Lipinski definition) is 0. The van der Waals surface area contributed by atoms with E-state index in [1.807, 2.05) is 0 Å². The zero-order chi connectivity index (χ0) is 9.07. The zero-order valence-electron chi connectivity index (χ0n) is 4.94. The monoisotopic (exact) mass is 414 g/mol. The summed E-state index contributed by atoms with van der Waals surface area (Å²) in [5.41, 5.74) is 0. The van der Waals surface area contributed by atoms with Gasteiger partial charge in [0.05, 0.1) is 0 Å².